The fourth-order valence-corrected chi connectivity index (χ4v) is 3.55. The first kappa shape index (κ1) is 19.6. The average molecular weight is 384 g/mol. The standard InChI is InChI=1S/C20H24N4O4/c1-12-5-4-6-15(9-12)11-23-7-8-24(14(3)19(23)27)17(25)10-16-13(2)21-20(28)22-18(16)26/h4-6,9,14H,7-8,10-11H2,1-3H3,(H2,21,22,26,28). The Kier molecular flexibility index (Phi) is 5.48. The highest BCUT2D eigenvalue weighted by Crippen LogP contribution is 2.16. The third-order valence-corrected chi connectivity index (χ3v) is 5.11. The van der Waals surface area contributed by atoms with E-state index in [-0.39, 0.29) is 23.8 Å². The highest BCUT2D eigenvalue weighted by atomic mass is 16.2. The van der Waals surface area contributed by atoms with Crippen LogP contribution in [0.4, 0.5) is 0 Å². The van der Waals surface area contributed by atoms with E-state index in [9.17, 15) is 19.2 Å². The Bertz CT molecular complexity index is 1020. The molecule has 8 heteroatoms. The van der Waals surface area contributed by atoms with E-state index in [0.29, 0.717) is 25.3 Å². The van der Waals surface area contributed by atoms with Crippen LogP contribution < -0.4 is 11.2 Å². The number of aromatic nitrogens is 2. The lowest BCUT2D eigenvalue weighted by atomic mass is 10.1. The molecule has 1 fully saturated rings. The number of aryl methyl sites for hydroxylation is 2. The minimum Gasteiger partial charge on any atom is -0.335 e. The van der Waals surface area contributed by atoms with Crippen molar-refractivity contribution in [2.24, 2.45) is 0 Å². The molecule has 0 spiro atoms. The Morgan fingerprint density at radius 3 is 2.57 bits per heavy atom. The van der Waals surface area contributed by atoms with Gasteiger partial charge in [0, 0.05) is 30.9 Å². The van der Waals surface area contributed by atoms with Crippen LogP contribution in [0.1, 0.15) is 29.3 Å². The van der Waals surface area contributed by atoms with Gasteiger partial charge in [0.05, 0.1) is 6.42 Å². The van der Waals surface area contributed by atoms with Gasteiger partial charge in [-0.3, -0.25) is 19.4 Å². The summed E-state index contributed by atoms with van der Waals surface area (Å²) in [7, 11) is 0. The number of carbonyl (C=O) groups excluding carboxylic acids is 2. The topological polar surface area (TPSA) is 106 Å². The van der Waals surface area contributed by atoms with Gasteiger partial charge in [-0.15, -0.1) is 0 Å². The molecule has 2 aromatic rings. The molecule has 2 heterocycles. The molecule has 3 rings (SSSR count). The summed E-state index contributed by atoms with van der Waals surface area (Å²) in [5.74, 6) is -0.426. The molecule has 0 saturated carbocycles. The zero-order valence-electron chi connectivity index (χ0n) is 16.2. The lowest BCUT2D eigenvalue weighted by Crippen LogP contribution is -2.57. The molecule has 1 aromatic carbocycles. The number of hydrogen-bond donors (Lipinski definition) is 2. The summed E-state index contributed by atoms with van der Waals surface area (Å²) < 4.78 is 0. The largest absolute Gasteiger partial charge is 0.335 e. The Hall–Kier alpha value is -3.16. The normalized spacial score (nSPS) is 17.1. The molecule has 0 bridgehead atoms. The van der Waals surface area contributed by atoms with Gasteiger partial charge in [0.1, 0.15) is 6.04 Å². The first-order valence-electron chi connectivity index (χ1n) is 9.22. The monoisotopic (exact) mass is 384 g/mol. The van der Waals surface area contributed by atoms with Crippen LogP contribution in [0.15, 0.2) is 33.9 Å². The number of benzene rings is 1. The fourth-order valence-electron chi connectivity index (χ4n) is 3.55. The summed E-state index contributed by atoms with van der Waals surface area (Å²) >= 11 is 0. The summed E-state index contributed by atoms with van der Waals surface area (Å²) in [5, 5.41) is 0. The molecule has 148 valence electrons. The summed E-state index contributed by atoms with van der Waals surface area (Å²) in [5.41, 5.74) is 1.58. The van der Waals surface area contributed by atoms with Crippen molar-refractivity contribution >= 4 is 11.8 Å². The Morgan fingerprint density at radius 1 is 1.14 bits per heavy atom. The molecule has 8 nitrogen and oxygen atoms in total. The van der Waals surface area contributed by atoms with Crippen LogP contribution in [0.5, 0.6) is 0 Å². The van der Waals surface area contributed by atoms with Crippen LogP contribution in [-0.2, 0) is 22.6 Å². The number of amides is 2. The third-order valence-electron chi connectivity index (χ3n) is 5.11. The van der Waals surface area contributed by atoms with Gasteiger partial charge < -0.3 is 14.8 Å². The lowest BCUT2D eigenvalue weighted by Gasteiger charge is -2.39. The quantitative estimate of drug-likeness (QED) is 0.800. The van der Waals surface area contributed by atoms with Crippen LogP contribution in [-0.4, -0.2) is 50.7 Å². The molecule has 0 aliphatic carbocycles. The maximum Gasteiger partial charge on any atom is 0.325 e. The maximum absolute atomic E-state index is 12.8. The first-order valence-corrected chi connectivity index (χ1v) is 9.22. The Morgan fingerprint density at radius 2 is 1.89 bits per heavy atom. The zero-order valence-corrected chi connectivity index (χ0v) is 16.2. The molecular formula is C20H24N4O4. The van der Waals surface area contributed by atoms with Gasteiger partial charge in [0.15, 0.2) is 0 Å². The molecular weight excluding hydrogens is 360 g/mol. The average Bonchev–Trinajstić information content (AvgIpc) is 2.62. The van der Waals surface area contributed by atoms with Crippen LogP contribution in [0.2, 0.25) is 0 Å². The van der Waals surface area contributed by atoms with Crippen molar-refractivity contribution in [3.8, 4) is 0 Å². The van der Waals surface area contributed by atoms with Gasteiger partial charge in [0.2, 0.25) is 11.8 Å². The molecule has 1 aliphatic rings. The summed E-state index contributed by atoms with van der Waals surface area (Å²) in [4.78, 5) is 56.7. The van der Waals surface area contributed by atoms with E-state index in [2.05, 4.69) is 9.97 Å². The summed E-state index contributed by atoms with van der Waals surface area (Å²) in [6, 6.07) is 7.38. The second-order valence-electron chi connectivity index (χ2n) is 7.20. The van der Waals surface area contributed by atoms with Crippen molar-refractivity contribution in [3.63, 3.8) is 0 Å². The van der Waals surface area contributed by atoms with Crippen molar-refractivity contribution in [3.05, 3.63) is 67.5 Å². The van der Waals surface area contributed by atoms with E-state index in [4.69, 9.17) is 0 Å². The molecule has 1 aliphatic heterocycles. The van der Waals surface area contributed by atoms with E-state index in [1.54, 1.807) is 18.7 Å². The van der Waals surface area contributed by atoms with Crippen LogP contribution in [0.25, 0.3) is 0 Å². The zero-order chi connectivity index (χ0) is 20.4. The number of aromatic amines is 2. The van der Waals surface area contributed by atoms with Gasteiger partial charge in [-0.1, -0.05) is 29.8 Å². The highest BCUT2D eigenvalue weighted by molar-refractivity contribution is 5.89. The molecule has 2 amide bonds. The minimum absolute atomic E-state index is 0.117. The van der Waals surface area contributed by atoms with E-state index in [1.165, 1.54) is 4.90 Å². The Labute approximate surface area is 162 Å². The van der Waals surface area contributed by atoms with Crippen molar-refractivity contribution < 1.29 is 9.59 Å². The number of H-pyrrole nitrogens is 2. The second kappa shape index (κ2) is 7.84. The van der Waals surface area contributed by atoms with Gasteiger partial charge in [-0.25, -0.2) is 4.79 Å². The molecule has 2 N–H and O–H groups in total. The minimum atomic E-state index is -0.605. The van der Waals surface area contributed by atoms with Gasteiger partial charge >= 0.3 is 5.69 Å². The van der Waals surface area contributed by atoms with E-state index in [0.717, 1.165) is 11.1 Å². The number of carbonyl (C=O) groups is 2. The predicted molar refractivity (Wildman–Crippen MR) is 104 cm³/mol. The smallest absolute Gasteiger partial charge is 0.325 e. The van der Waals surface area contributed by atoms with E-state index in [1.807, 2.05) is 31.2 Å². The first-order chi connectivity index (χ1) is 13.3. The second-order valence-corrected chi connectivity index (χ2v) is 7.20. The van der Waals surface area contributed by atoms with Crippen molar-refractivity contribution in [2.75, 3.05) is 13.1 Å². The SMILES string of the molecule is Cc1cccc(CN2CCN(C(=O)Cc3c(C)[nH]c(=O)[nH]c3=O)C(C)C2=O)c1. The number of hydrogen-bond acceptors (Lipinski definition) is 4. The number of rotatable bonds is 4. The lowest BCUT2D eigenvalue weighted by molar-refractivity contribution is -0.150. The maximum atomic E-state index is 12.8. The Balaban J connectivity index is 1.70. The fraction of sp³-hybridized carbons (Fsp3) is 0.400. The van der Waals surface area contributed by atoms with Crippen LogP contribution >= 0.6 is 0 Å². The van der Waals surface area contributed by atoms with Gasteiger partial charge in [-0.2, -0.15) is 0 Å². The van der Waals surface area contributed by atoms with Gasteiger partial charge in [0.25, 0.3) is 5.56 Å². The van der Waals surface area contributed by atoms with Crippen molar-refractivity contribution in [1.82, 2.24) is 19.8 Å². The van der Waals surface area contributed by atoms with Crippen molar-refractivity contribution in [1.29, 1.82) is 0 Å². The van der Waals surface area contributed by atoms with Crippen molar-refractivity contribution in [2.45, 2.75) is 39.8 Å². The molecule has 1 aromatic heterocycles. The van der Waals surface area contributed by atoms with E-state index >= 15 is 0 Å². The van der Waals surface area contributed by atoms with Crippen LogP contribution in [0.3, 0.4) is 0 Å². The summed E-state index contributed by atoms with van der Waals surface area (Å²) in [6.45, 7) is 6.62. The molecule has 0 radical (unpaired) electrons. The molecule has 1 saturated heterocycles. The molecule has 1 unspecified atom stereocenters. The number of nitrogens with one attached hydrogen (secondary N) is 2. The predicted octanol–water partition coefficient (Wildman–Crippen LogP) is 0.482. The number of piperazine rings is 1. The molecule has 28 heavy (non-hydrogen) atoms. The van der Waals surface area contributed by atoms with Crippen LogP contribution in [0, 0.1) is 13.8 Å². The molecule has 1 atom stereocenters. The third kappa shape index (κ3) is 4.05. The highest BCUT2D eigenvalue weighted by Gasteiger charge is 2.34. The van der Waals surface area contributed by atoms with E-state index < -0.39 is 17.3 Å². The van der Waals surface area contributed by atoms with Gasteiger partial charge in [-0.05, 0) is 26.3 Å². The summed E-state index contributed by atoms with van der Waals surface area (Å²) in [6.07, 6.45) is -0.159. The number of nitrogens with zero attached hydrogens (tertiary/aromatic N) is 2.